The van der Waals surface area contributed by atoms with Gasteiger partial charge in [-0.2, -0.15) is 4.98 Å². The number of amides is 1. The number of carbonyl (C=O) groups excluding carboxylic acids is 1. The SMILES string of the molecule is CCN1CC2(CCN(c3ncnc4oc(C)nc34)CC2)CC1=O. The minimum Gasteiger partial charge on any atom is -0.422 e. The summed E-state index contributed by atoms with van der Waals surface area (Å²) in [5, 5.41) is 0. The van der Waals surface area contributed by atoms with Gasteiger partial charge in [-0.3, -0.25) is 4.79 Å². The third kappa shape index (κ3) is 2.34. The molecule has 2 aromatic rings. The summed E-state index contributed by atoms with van der Waals surface area (Å²) in [6.45, 7) is 7.37. The predicted octanol–water partition coefficient (Wildman–Crippen LogP) is 1.77. The van der Waals surface area contributed by atoms with Crippen LogP contribution in [-0.2, 0) is 4.79 Å². The molecule has 7 heteroatoms. The first-order chi connectivity index (χ1) is 11.1. The fourth-order valence-electron chi connectivity index (χ4n) is 3.88. The van der Waals surface area contributed by atoms with Crippen LogP contribution in [0.1, 0.15) is 32.1 Å². The maximum atomic E-state index is 12.1. The van der Waals surface area contributed by atoms with Crippen LogP contribution in [0.5, 0.6) is 0 Å². The van der Waals surface area contributed by atoms with E-state index in [2.05, 4.69) is 26.8 Å². The first-order valence-electron chi connectivity index (χ1n) is 8.21. The van der Waals surface area contributed by atoms with E-state index in [4.69, 9.17) is 4.42 Å². The lowest BCUT2D eigenvalue weighted by Gasteiger charge is -2.39. The van der Waals surface area contributed by atoms with E-state index in [0.29, 0.717) is 23.9 Å². The predicted molar refractivity (Wildman–Crippen MR) is 85.1 cm³/mol. The van der Waals surface area contributed by atoms with E-state index in [1.54, 1.807) is 0 Å². The molecule has 4 heterocycles. The average Bonchev–Trinajstić information content (AvgIpc) is 3.07. The van der Waals surface area contributed by atoms with Crippen molar-refractivity contribution in [3.05, 3.63) is 12.2 Å². The van der Waals surface area contributed by atoms with Gasteiger partial charge < -0.3 is 14.2 Å². The van der Waals surface area contributed by atoms with E-state index >= 15 is 0 Å². The minimum absolute atomic E-state index is 0.148. The van der Waals surface area contributed by atoms with Crippen LogP contribution in [0.15, 0.2) is 10.7 Å². The van der Waals surface area contributed by atoms with Gasteiger partial charge in [0.15, 0.2) is 17.2 Å². The van der Waals surface area contributed by atoms with Crippen LogP contribution in [0.3, 0.4) is 0 Å². The zero-order valence-corrected chi connectivity index (χ0v) is 13.6. The molecule has 2 aliphatic rings. The van der Waals surface area contributed by atoms with Gasteiger partial charge in [0, 0.05) is 44.9 Å². The molecule has 2 aliphatic heterocycles. The van der Waals surface area contributed by atoms with Gasteiger partial charge in [0.1, 0.15) is 6.33 Å². The van der Waals surface area contributed by atoms with Crippen LogP contribution in [0.2, 0.25) is 0 Å². The van der Waals surface area contributed by atoms with Crippen LogP contribution < -0.4 is 4.90 Å². The molecule has 1 spiro atoms. The molecule has 0 aromatic carbocycles. The third-order valence-electron chi connectivity index (χ3n) is 5.19. The molecule has 0 atom stereocenters. The van der Waals surface area contributed by atoms with Gasteiger partial charge in [-0.1, -0.05) is 0 Å². The molecule has 0 N–H and O–H groups in total. The molecule has 7 nitrogen and oxygen atoms in total. The third-order valence-corrected chi connectivity index (χ3v) is 5.19. The first kappa shape index (κ1) is 14.4. The van der Waals surface area contributed by atoms with Crippen LogP contribution in [0, 0.1) is 12.3 Å². The van der Waals surface area contributed by atoms with Crippen LogP contribution in [0.4, 0.5) is 5.82 Å². The lowest BCUT2D eigenvalue weighted by molar-refractivity contribution is -0.127. The summed E-state index contributed by atoms with van der Waals surface area (Å²) < 4.78 is 5.50. The van der Waals surface area contributed by atoms with Crippen molar-refractivity contribution in [3.63, 3.8) is 0 Å². The van der Waals surface area contributed by atoms with Crippen molar-refractivity contribution in [1.82, 2.24) is 19.9 Å². The van der Waals surface area contributed by atoms with Crippen molar-refractivity contribution in [2.75, 3.05) is 31.1 Å². The number of carbonyl (C=O) groups is 1. The molecule has 0 radical (unpaired) electrons. The quantitative estimate of drug-likeness (QED) is 0.840. The molecule has 0 saturated carbocycles. The molecular weight excluding hydrogens is 294 g/mol. The van der Waals surface area contributed by atoms with E-state index in [1.165, 1.54) is 6.33 Å². The first-order valence-corrected chi connectivity index (χ1v) is 8.21. The second-order valence-corrected chi connectivity index (χ2v) is 6.66. The molecule has 4 rings (SSSR count). The van der Waals surface area contributed by atoms with Gasteiger partial charge in [0.25, 0.3) is 5.71 Å². The minimum atomic E-state index is 0.148. The van der Waals surface area contributed by atoms with Gasteiger partial charge in [-0.25, -0.2) is 9.97 Å². The van der Waals surface area contributed by atoms with E-state index in [0.717, 1.165) is 50.4 Å². The maximum Gasteiger partial charge on any atom is 0.252 e. The Hall–Kier alpha value is -2.18. The van der Waals surface area contributed by atoms with Crippen molar-refractivity contribution >= 4 is 23.0 Å². The van der Waals surface area contributed by atoms with E-state index in [-0.39, 0.29) is 5.41 Å². The monoisotopic (exact) mass is 315 g/mol. The molecular formula is C16H21N5O2. The fourth-order valence-corrected chi connectivity index (χ4v) is 3.88. The Kier molecular flexibility index (Phi) is 3.25. The number of anilines is 1. The molecule has 1 amide bonds. The number of rotatable bonds is 2. The summed E-state index contributed by atoms with van der Waals surface area (Å²) in [6, 6.07) is 0. The summed E-state index contributed by atoms with van der Waals surface area (Å²) in [5.74, 6) is 1.76. The largest absolute Gasteiger partial charge is 0.422 e. The standard InChI is InChI=1S/C16H21N5O2/c1-3-20-9-16(8-12(20)22)4-6-21(7-5-16)14-13-15(18-10-17-14)23-11(2)19-13/h10H,3-9H2,1-2H3. The van der Waals surface area contributed by atoms with E-state index in [1.807, 2.05) is 11.8 Å². The number of oxazole rings is 1. The highest BCUT2D eigenvalue weighted by Gasteiger charge is 2.44. The summed E-state index contributed by atoms with van der Waals surface area (Å²) in [7, 11) is 0. The average molecular weight is 315 g/mol. The molecule has 2 fully saturated rings. The topological polar surface area (TPSA) is 75.4 Å². The molecule has 2 aromatic heterocycles. The Labute approximate surface area is 134 Å². The van der Waals surface area contributed by atoms with Crippen LogP contribution in [0.25, 0.3) is 11.2 Å². The molecule has 0 bridgehead atoms. The Morgan fingerprint density at radius 1 is 1.30 bits per heavy atom. The number of likely N-dealkylation sites (tertiary alicyclic amines) is 1. The summed E-state index contributed by atoms with van der Waals surface area (Å²) in [4.78, 5) is 29.3. The maximum absolute atomic E-state index is 12.1. The Morgan fingerprint density at radius 2 is 2.09 bits per heavy atom. The number of piperidine rings is 1. The zero-order valence-electron chi connectivity index (χ0n) is 13.6. The number of fused-ring (bicyclic) bond motifs is 1. The highest BCUT2D eigenvalue weighted by atomic mass is 16.4. The fraction of sp³-hybridized carbons (Fsp3) is 0.625. The van der Waals surface area contributed by atoms with Crippen molar-refractivity contribution < 1.29 is 9.21 Å². The van der Waals surface area contributed by atoms with Gasteiger partial charge in [0.2, 0.25) is 5.91 Å². The second kappa shape index (κ2) is 5.18. The molecule has 0 unspecified atom stereocenters. The molecule has 122 valence electrons. The number of aromatic nitrogens is 3. The highest BCUT2D eigenvalue weighted by Crippen LogP contribution is 2.42. The molecule has 2 saturated heterocycles. The van der Waals surface area contributed by atoms with Crippen molar-refractivity contribution in [2.45, 2.75) is 33.1 Å². The zero-order chi connectivity index (χ0) is 16.0. The molecule has 0 aliphatic carbocycles. The lowest BCUT2D eigenvalue weighted by atomic mass is 9.77. The van der Waals surface area contributed by atoms with Gasteiger partial charge in [-0.05, 0) is 19.8 Å². The van der Waals surface area contributed by atoms with Crippen molar-refractivity contribution in [2.24, 2.45) is 5.41 Å². The number of nitrogens with zero attached hydrogens (tertiary/aromatic N) is 5. The summed E-state index contributed by atoms with van der Waals surface area (Å²) in [5.41, 5.74) is 1.43. The number of aryl methyl sites for hydroxylation is 1. The van der Waals surface area contributed by atoms with Crippen LogP contribution >= 0.6 is 0 Å². The molecule has 23 heavy (non-hydrogen) atoms. The second-order valence-electron chi connectivity index (χ2n) is 6.66. The van der Waals surface area contributed by atoms with E-state index in [9.17, 15) is 4.79 Å². The Morgan fingerprint density at radius 3 is 2.78 bits per heavy atom. The lowest BCUT2D eigenvalue weighted by Crippen LogP contribution is -2.42. The van der Waals surface area contributed by atoms with Crippen LogP contribution in [-0.4, -0.2) is 51.9 Å². The highest BCUT2D eigenvalue weighted by molar-refractivity contribution is 5.82. The smallest absolute Gasteiger partial charge is 0.252 e. The normalized spacial score (nSPS) is 20.9. The summed E-state index contributed by atoms with van der Waals surface area (Å²) in [6.07, 6.45) is 4.25. The summed E-state index contributed by atoms with van der Waals surface area (Å²) >= 11 is 0. The Balaban J connectivity index is 1.54. The van der Waals surface area contributed by atoms with E-state index < -0.39 is 0 Å². The van der Waals surface area contributed by atoms with Gasteiger partial charge >= 0.3 is 0 Å². The van der Waals surface area contributed by atoms with Gasteiger partial charge in [0.05, 0.1) is 0 Å². The van der Waals surface area contributed by atoms with Crippen molar-refractivity contribution in [1.29, 1.82) is 0 Å². The Bertz CT molecular complexity index is 748. The number of hydrogen-bond acceptors (Lipinski definition) is 6. The van der Waals surface area contributed by atoms with Gasteiger partial charge in [-0.15, -0.1) is 0 Å². The van der Waals surface area contributed by atoms with Crippen molar-refractivity contribution in [3.8, 4) is 0 Å². The number of hydrogen-bond donors (Lipinski definition) is 0.